The zero-order chi connectivity index (χ0) is 14.5. The van der Waals surface area contributed by atoms with E-state index in [1.54, 1.807) is 6.07 Å². The zero-order valence-corrected chi connectivity index (χ0v) is 13.2. The summed E-state index contributed by atoms with van der Waals surface area (Å²) in [6, 6.07) is 1.66. The summed E-state index contributed by atoms with van der Waals surface area (Å²) in [7, 11) is -1.40. The summed E-state index contributed by atoms with van der Waals surface area (Å²) >= 11 is 0. The first kappa shape index (κ1) is 16.0. The molecule has 0 aliphatic rings. The van der Waals surface area contributed by atoms with Gasteiger partial charge in [0.2, 0.25) is 0 Å². The van der Waals surface area contributed by atoms with Gasteiger partial charge in [0, 0.05) is 13.0 Å². The zero-order valence-electron chi connectivity index (χ0n) is 12.2. The fraction of sp³-hybridized carbons (Fsp3) is 0.643. The molecule has 19 heavy (non-hydrogen) atoms. The minimum Gasteiger partial charge on any atom is -0.468 e. The molecule has 0 bridgehead atoms. The van der Waals surface area contributed by atoms with Crippen LogP contribution in [0.2, 0.25) is 19.6 Å². The maximum atomic E-state index is 12.0. The Hall–Kier alpha value is -1.07. The molecule has 0 aliphatic heterocycles. The average Bonchev–Trinajstić information content (AvgIpc) is 2.80. The van der Waals surface area contributed by atoms with Crippen LogP contribution in [0.3, 0.4) is 0 Å². The molecule has 0 radical (unpaired) electrons. The third kappa shape index (κ3) is 5.61. The van der Waals surface area contributed by atoms with Gasteiger partial charge in [0.1, 0.15) is 11.3 Å². The van der Waals surface area contributed by atoms with Gasteiger partial charge in [0.15, 0.2) is 0 Å². The number of aliphatic hydroxyl groups excluding tert-OH is 1. The largest absolute Gasteiger partial charge is 0.468 e. The van der Waals surface area contributed by atoms with E-state index in [9.17, 15) is 4.79 Å². The second kappa shape index (κ2) is 6.91. The third-order valence-corrected chi connectivity index (χ3v) is 3.79. The van der Waals surface area contributed by atoms with Gasteiger partial charge in [-0.05, 0) is 18.4 Å². The predicted octanol–water partition coefficient (Wildman–Crippen LogP) is 2.87. The van der Waals surface area contributed by atoms with Crippen molar-refractivity contribution >= 4 is 14.0 Å². The molecule has 4 nitrogen and oxygen atoms in total. The maximum Gasteiger partial charge on any atom is 0.341 e. The fourth-order valence-corrected chi connectivity index (χ4v) is 2.11. The van der Waals surface area contributed by atoms with E-state index in [-0.39, 0.29) is 18.5 Å². The molecule has 0 saturated carbocycles. The predicted molar refractivity (Wildman–Crippen MR) is 76.9 cm³/mol. The first-order chi connectivity index (χ1) is 8.83. The summed E-state index contributed by atoms with van der Waals surface area (Å²) in [6.45, 7) is 8.57. The van der Waals surface area contributed by atoms with Crippen LogP contribution in [0.15, 0.2) is 16.7 Å². The molecule has 0 amide bonds. The second-order valence-electron chi connectivity index (χ2n) is 6.22. The summed E-state index contributed by atoms with van der Waals surface area (Å²) in [5, 5.41) is 9.00. The lowest BCUT2D eigenvalue weighted by molar-refractivity contribution is 0.0562. The molecule has 0 spiro atoms. The van der Waals surface area contributed by atoms with E-state index >= 15 is 0 Å². The number of esters is 1. The van der Waals surface area contributed by atoms with Crippen molar-refractivity contribution in [2.45, 2.75) is 39.4 Å². The van der Waals surface area contributed by atoms with Gasteiger partial charge in [-0.25, -0.2) is 4.79 Å². The Balaban J connectivity index is 2.58. The lowest BCUT2D eigenvalue weighted by atomic mass is 10.0. The van der Waals surface area contributed by atoms with Crippen molar-refractivity contribution in [3.8, 4) is 0 Å². The molecule has 1 heterocycles. The van der Waals surface area contributed by atoms with Gasteiger partial charge >= 0.3 is 5.97 Å². The van der Waals surface area contributed by atoms with E-state index in [2.05, 4.69) is 19.6 Å². The van der Waals surface area contributed by atoms with Crippen LogP contribution in [-0.4, -0.2) is 32.0 Å². The van der Waals surface area contributed by atoms with Gasteiger partial charge in [-0.1, -0.05) is 26.6 Å². The Bertz CT molecular complexity index is 406. The summed E-state index contributed by atoms with van der Waals surface area (Å²) in [5.41, 5.74) is 0.517. The van der Waals surface area contributed by atoms with Gasteiger partial charge in [0.25, 0.3) is 0 Å². The van der Waals surface area contributed by atoms with E-state index < -0.39 is 8.07 Å². The van der Waals surface area contributed by atoms with Crippen LogP contribution in [-0.2, 0) is 11.2 Å². The smallest absolute Gasteiger partial charge is 0.341 e. The standard InChI is InChI=1S/C14H24O4Si/c1-11(9-15)5-6-13-12(7-8-17-13)14(16)18-10-19(2,3)4/h7-8,11,15H,5-6,9-10H2,1-4H3. The number of hydrogen-bond acceptors (Lipinski definition) is 4. The summed E-state index contributed by atoms with van der Waals surface area (Å²) < 4.78 is 10.7. The molecule has 1 atom stereocenters. The highest BCUT2D eigenvalue weighted by Gasteiger charge is 2.20. The molecule has 1 unspecified atom stereocenters. The lowest BCUT2D eigenvalue weighted by Crippen LogP contribution is -2.30. The minimum absolute atomic E-state index is 0.149. The molecule has 0 fully saturated rings. The molecule has 0 aliphatic carbocycles. The van der Waals surface area contributed by atoms with Crippen LogP contribution < -0.4 is 0 Å². The Kier molecular flexibility index (Phi) is 5.81. The van der Waals surface area contributed by atoms with Crippen molar-refractivity contribution < 1.29 is 19.1 Å². The van der Waals surface area contributed by atoms with E-state index in [1.165, 1.54) is 6.26 Å². The number of hydrogen-bond donors (Lipinski definition) is 1. The molecular weight excluding hydrogens is 260 g/mol. The van der Waals surface area contributed by atoms with Crippen LogP contribution in [0.4, 0.5) is 0 Å². The van der Waals surface area contributed by atoms with Crippen molar-refractivity contribution in [2.24, 2.45) is 5.92 Å². The van der Waals surface area contributed by atoms with E-state index in [4.69, 9.17) is 14.3 Å². The van der Waals surface area contributed by atoms with E-state index in [1.807, 2.05) is 6.92 Å². The SMILES string of the molecule is CC(CO)CCc1occc1C(=O)OC[Si](C)(C)C. The highest BCUT2D eigenvalue weighted by molar-refractivity contribution is 6.76. The lowest BCUT2D eigenvalue weighted by Gasteiger charge is -2.15. The molecule has 1 N–H and O–H groups in total. The molecule has 5 heteroatoms. The summed E-state index contributed by atoms with van der Waals surface area (Å²) in [5.74, 6) is 0.555. The molecule has 1 aromatic heterocycles. The molecule has 1 aromatic rings. The van der Waals surface area contributed by atoms with Crippen molar-refractivity contribution in [1.29, 1.82) is 0 Å². The molecule has 108 valence electrons. The highest BCUT2D eigenvalue weighted by Crippen LogP contribution is 2.17. The van der Waals surface area contributed by atoms with Gasteiger partial charge in [-0.2, -0.15) is 0 Å². The number of aliphatic hydroxyl groups is 1. The molecule has 1 rings (SSSR count). The topological polar surface area (TPSA) is 59.7 Å². The summed E-state index contributed by atoms with van der Waals surface area (Å²) in [4.78, 5) is 12.0. The van der Waals surface area contributed by atoms with Gasteiger partial charge in [-0.3, -0.25) is 0 Å². The van der Waals surface area contributed by atoms with Crippen LogP contribution in [0.1, 0.15) is 29.5 Å². The van der Waals surface area contributed by atoms with Crippen molar-refractivity contribution in [2.75, 3.05) is 12.8 Å². The molecule has 0 saturated heterocycles. The maximum absolute atomic E-state index is 12.0. The number of carbonyl (C=O) groups excluding carboxylic acids is 1. The Labute approximate surface area is 115 Å². The van der Waals surface area contributed by atoms with Gasteiger partial charge in [-0.15, -0.1) is 0 Å². The Morgan fingerprint density at radius 3 is 2.74 bits per heavy atom. The normalized spacial score (nSPS) is 13.3. The van der Waals surface area contributed by atoms with Crippen molar-refractivity contribution in [3.05, 3.63) is 23.7 Å². The molecule has 0 aromatic carbocycles. The third-order valence-electron chi connectivity index (χ3n) is 2.78. The number of rotatable bonds is 7. The minimum atomic E-state index is -1.40. The number of aryl methyl sites for hydroxylation is 1. The first-order valence-corrected chi connectivity index (χ1v) is 10.4. The van der Waals surface area contributed by atoms with Crippen molar-refractivity contribution in [1.82, 2.24) is 0 Å². The Morgan fingerprint density at radius 1 is 1.47 bits per heavy atom. The van der Waals surface area contributed by atoms with Crippen LogP contribution in [0.5, 0.6) is 0 Å². The first-order valence-electron chi connectivity index (χ1n) is 6.68. The van der Waals surface area contributed by atoms with E-state index in [0.717, 1.165) is 6.42 Å². The molecular formula is C14H24O4Si. The summed E-state index contributed by atoms with van der Waals surface area (Å²) in [6.07, 6.45) is 3.47. The number of ether oxygens (including phenoxy) is 1. The number of carbonyl (C=O) groups is 1. The quantitative estimate of drug-likeness (QED) is 0.618. The van der Waals surface area contributed by atoms with Crippen LogP contribution in [0.25, 0.3) is 0 Å². The Morgan fingerprint density at radius 2 is 2.16 bits per heavy atom. The average molecular weight is 284 g/mol. The van der Waals surface area contributed by atoms with Gasteiger partial charge in [0.05, 0.1) is 20.6 Å². The van der Waals surface area contributed by atoms with Crippen LogP contribution >= 0.6 is 0 Å². The fourth-order valence-electron chi connectivity index (χ4n) is 1.54. The van der Waals surface area contributed by atoms with E-state index in [0.29, 0.717) is 24.0 Å². The second-order valence-corrected chi connectivity index (χ2v) is 11.6. The van der Waals surface area contributed by atoms with Gasteiger partial charge < -0.3 is 14.3 Å². The highest BCUT2D eigenvalue weighted by atomic mass is 28.3. The van der Waals surface area contributed by atoms with Crippen molar-refractivity contribution in [3.63, 3.8) is 0 Å². The van der Waals surface area contributed by atoms with Crippen LogP contribution in [0, 0.1) is 5.92 Å². The monoisotopic (exact) mass is 284 g/mol. The number of furan rings is 1.